The van der Waals surface area contributed by atoms with E-state index in [0.717, 1.165) is 51.4 Å². The van der Waals surface area contributed by atoms with Crippen LogP contribution in [-0.4, -0.2) is 47.4 Å². The Hall–Kier alpha value is -1.92. The third-order valence-electron chi connectivity index (χ3n) is 17.2. The van der Waals surface area contributed by atoms with Gasteiger partial charge in [-0.05, 0) is 83.5 Å². The Bertz CT molecular complexity index is 1310. The van der Waals surface area contributed by atoms with Crippen LogP contribution in [0.2, 0.25) is 0 Å². The molecule has 0 rings (SSSR count). The van der Waals surface area contributed by atoms with Crippen LogP contribution in [-0.2, 0) is 14.3 Å². The molecule has 0 aromatic rings. The lowest BCUT2D eigenvalue weighted by molar-refractivity contribution is -0.143. The maximum atomic E-state index is 12.5. The van der Waals surface area contributed by atoms with Gasteiger partial charge in [-0.1, -0.05) is 346 Å². The zero-order valence-corrected chi connectivity index (χ0v) is 54.8. The number of esters is 1. The van der Waals surface area contributed by atoms with Crippen LogP contribution in [0.25, 0.3) is 0 Å². The van der Waals surface area contributed by atoms with Gasteiger partial charge in [0.1, 0.15) is 0 Å². The molecule has 0 fully saturated rings. The van der Waals surface area contributed by atoms with Gasteiger partial charge in [0.15, 0.2) is 0 Å². The highest BCUT2D eigenvalue weighted by Gasteiger charge is 2.20. The molecule has 81 heavy (non-hydrogen) atoms. The van der Waals surface area contributed by atoms with Crippen LogP contribution >= 0.6 is 0 Å². The van der Waals surface area contributed by atoms with Gasteiger partial charge >= 0.3 is 5.97 Å². The minimum absolute atomic E-state index is 0.00929. The summed E-state index contributed by atoms with van der Waals surface area (Å²) in [6.07, 6.45) is 90.6. The molecule has 0 saturated heterocycles. The zero-order chi connectivity index (χ0) is 58.5. The van der Waals surface area contributed by atoms with Crippen molar-refractivity contribution in [3.63, 3.8) is 0 Å². The number of hydrogen-bond acceptors (Lipinski definition) is 5. The first-order chi connectivity index (χ1) is 40.0. The first-order valence-electron chi connectivity index (χ1n) is 36.7. The molecular weight excluding hydrogens is 995 g/mol. The van der Waals surface area contributed by atoms with E-state index in [2.05, 4.69) is 55.6 Å². The number of allylic oxidation sites excluding steroid dienone is 6. The lowest BCUT2D eigenvalue weighted by Crippen LogP contribution is -2.45. The van der Waals surface area contributed by atoms with Crippen molar-refractivity contribution in [2.24, 2.45) is 0 Å². The van der Waals surface area contributed by atoms with Gasteiger partial charge in [-0.2, -0.15) is 0 Å². The number of rotatable bonds is 69. The predicted octanol–water partition coefficient (Wildman–Crippen LogP) is 23.9. The van der Waals surface area contributed by atoms with E-state index < -0.39 is 12.1 Å². The Labute approximate surface area is 506 Å². The number of ether oxygens (including phenoxy) is 1. The fourth-order valence-electron chi connectivity index (χ4n) is 11.6. The van der Waals surface area contributed by atoms with Crippen molar-refractivity contribution in [2.45, 2.75) is 418 Å². The number of hydrogen-bond donors (Lipinski definition) is 3. The van der Waals surface area contributed by atoms with E-state index in [1.807, 2.05) is 0 Å². The summed E-state index contributed by atoms with van der Waals surface area (Å²) in [6.45, 7) is 4.96. The molecule has 478 valence electrons. The summed E-state index contributed by atoms with van der Waals surface area (Å²) in [5.74, 6) is -0.0212. The van der Waals surface area contributed by atoms with E-state index in [0.29, 0.717) is 25.9 Å². The molecule has 2 atom stereocenters. The molecule has 0 aliphatic rings. The highest BCUT2D eigenvalue weighted by Crippen LogP contribution is 2.19. The van der Waals surface area contributed by atoms with Crippen molar-refractivity contribution in [2.75, 3.05) is 13.2 Å². The predicted molar refractivity (Wildman–Crippen MR) is 356 cm³/mol. The highest BCUT2D eigenvalue weighted by molar-refractivity contribution is 5.76. The van der Waals surface area contributed by atoms with Crippen molar-refractivity contribution in [3.8, 4) is 0 Å². The second-order valence-electron chi connectivity index (χ2n) is 25.3. The number of aliphatic hydroxyl groups is 2. The monoisotopic (exact) mass is 1140 g/mol. The van der Waals surface area contributed by atoms with E-state index in [1.165, 1.54) is 321 Å². The summed E-state index contributed by atoms with van der Waals surface area (Å²) in [5, 5.41) is 23.4. The van der Waals surface area contributed by atoms with Crippen LogP contribution < -0.4 is 5.32 Å². The second kappa shape index (κ2) is 70.6. The number of carbonyl (C=O) groups is 2. The molecule has 0 aliphatic carbocycles. The third-order valence-corrected chi connectivity index (χ3v) is 17.2. The third kappa shape index (κ3) is 67.1. The molecular formula is C75H143NO5. The molecule has 1 amide bonds. The van der Waals surface area contributed by atoms with E-state index >= 15 is 0 Å². The molecule has 0 aromatic carbocycles. The van der Waals surface area contributed by atoms with Crippen molar-refractivity contribution in [1.82, 2.24) is 5.32 Å². The van der Waals surface area contributed by atoms with Crippen molar-refractivity contribution in [1.29, 1.82) is 0 Å². The summed E-state index contributed by atoms with van der Waals surface area (Å²) in [5.41, 5.74) is 0. The molecule has 3 N–H and O–H groups in total. The van der Waals surface area contributed by atoms with Gasteiger partial charge in [0.25, 0.3) is 0 Å². The molecule has 0 bridgehead atoms. The fourth-order valence-corrected chi connectivity index (χ4v) is 11.6. The smallest absolute Gasteiger partial charge is 0.305 e. The van der Waals surface area contributed by atoms with Gasteiger partial charge in [0, 0.05) is 12.8 Å². The average molecular weight is 1140 g/mol. The molecule has 0 aromatic heterocycles. The lowest BCUT2D eigenvalue weighted by Gasteiger charge is -2.22. The normalized spacial score (nSPS) is 12.7. The van der Waals surface area contributed by atoms with E-state index in [9.17, 15) is 19.8 Å². The first kappa shape index (κ1) is 79.1. The first-order valence-corrected chi connectivity index (χ1v) is 36.7. The minimum Gasteiger partial charge on any atom is -0.466 e. The van der Waals surface area contributed by atoms with Gasteiger partial charge in [-0.3, -0.25) is 9.59 Å². The Balaban J connectivity index is 3.37. The Morgan fingerprint density at radius 3 is 0.975 bits per heavy atom. The molecule has 0 spiro atoms. The lowest BCUT2D eigenvalue weighted by atomic mass is 10.0. The van der Waals surface area contributed by atoms with Crippen molar-refractivity contribution < 1.29 is 24.5 Å². The summed E-state index contributed by atoms with van der Waals surface area (Å²) in [6, 6.07) is -0.542. The Morgan fingerprint density at radius 1 is 0.346 bits per heavy atom. The maximum absolute atomic E-state index is 12.5. The van der Waals surface area contributed by atoms with Crippen molar-refractivity contribution >= 4 is 11.9 Å². The SMILES string of the molecule is CCCCC/C=C\C/C=C\CCCCCCCCCC(=O)OCCCCCCCCCCCCCC/C=C\CCCCCCCCCCCCCCCC(=O)NC(CO)C(O)CCCCCCCCCCCCCCCCCCCC. The van der Waals surface area contributed by atoms with Crippen LogP contribution in [0, 0.1) is 0 Å². The highest BCUT2D eigenvalue weighted by atomic mass is 16.5. The summed E-state index contributed by atoms with van der Waals surface area (Å²) in [4.78, 5) is 24.6. The van der Waals surface area contributed by atoms with Crippen molar-refractivity contribution in [3.05, 3.63) is 36.5 Å². The van der Waals surface area contributed by atoms with Gasteiger partial charge in [0.05, 0.1) is 25.4 Å². The zero-order valence-electron chi connectivity index (χ0n) is 54.8. The Kier molecular flexibility index (Phi) is 68.9. The van der Waals surface area contributed by atoms with Gasteiger partial charge < -0.3 is 20.3 Å². The summed E-state index contributed by atoms with van der Waals surface area (Å²) in [7, 11) is 0. The van der Waals surface area contributed by atoms with E-state index in [-0.39, 0.29) is 18.5 Å². The molecule has 0 aliphatic heterocycles. The average Bonchev–Trinajstić information content (AvgIpc) is 3.47. The van der Waals surface area contributed by atoms with Crippen LogP contribution in [0.3, 0.4) is 0 Å². The number of amides is 1. The largest absolute Gasteiger partial charge is 0.466 e. The fraction of sp³-hybridized carbons (Fsp3) is 0.893. The van der Waals surface area contributed by atoms with Crippen LogP contribution in [0.5, 0.6) is 0 Å². The van der Waals surface area contributed by atoms with E-state index in [4.69, 9.17) is 4.74 Å². The van der Waals surface area contributed by atoms with Crippen LogP contribution in [0.4, 0.5) is 0 Å². The molecule has 0 saturated carbocycles. The molecule has 0 heterocycles. The molecule has 2 unspecified atom stereocenters. The number of nitrogens with one attached hydrogen (secondary N) is 1. The van der Waals surface area contributed by atoms with Crippen LogP contribution in [0.1, 0.15) is 406 Å². The van der Waals surface area contributed by atoms with Crippen LogP contribution in [0.15, 0.2) is 36.5 Å². The quantitative estimate of drug-likeness (QED) is 0.0320. The number of aliphatic hydroxyl groups excluding tert-OH is 2. The maximum Gasteiger partial charge on any atom is 0.305 e. The standard InChI is InChI=1S/C75H143NO5/c1-3-5-7-9-11-13-15-17-19-21-36-39-43-47-51-55-59-63-67-73(78)72(71-77)76-74(79)68-64-60-56-52-48-44-40-37-33-31-29-27-25-23-22-24-26-28-30-32-34-38-42-46-50-54-58-62-66-70-81-75(80)69-65-61-57-53-49-45-41-35-20-18-16-14-12-10-8-6-4-2/h12,14,18,20,22,24,72-73,77-78H,3-11,13,15-17,19,21,23,25-71H2,1-2H3,(H,76,79)/b14-12-,20-18-,24-22-. The van der Waals surface area contributed by atoms with Gasteiger partial charge in [0.2, 0.25) is 5.91 Å². The minimum atomic E-state index is -0.664. The Morgan fingerprint density at radius 2 is 0.617 bits per heavy atom. The van der Waals surface area contributed by atoms with Gasteiger partial charge in [-0.15, -0.1) is 0 Å². The summed E-state index contributed by atoms with van der Waals surface area (Å²) < 4.78 is 5.50. The molecule has 0 radical (unpaired) electrons. The number of carbonyl (C=O) groups excluding carboxylic acids is 2. The summed E-state index contributed by atoms with van der Waals surface area (Å²) >= 11 is 0. The van der Waals surface area contributed by atoms with E-state index in [1.54, 1.807) is 0 Å². The topological polar surface area (TPSA) is 95.9 Å². The molecule has 6 heteroatoms. The van der Waals surface area contributed by atoms with Gasteiger partial charge in [-0.25, -0.2) is 0 Å². The second-order valence-corrected chi connectivity index (χ2v) is 25.3. The number of unbranched alkanes of at least 4 members (excludes halogenated alkanes) is 52. The molecule has 6 nitrogen and oxygen atoms in total.